The Morgan fingerprint density at radius 1 is 1.36 bits per heavy atom. The number of benzene rings is 1. The number of anilines is 1. The van der Waals surface area contributed by atoms with Crippen LogP contribution in [0.25, 0.3) is 22.4 Å². The van der Waals surface area contributed by atoms with E-state index in [0.29, 0.717) is 12.6 Å². The third kappa shape index (κ3) is 2.01. The van der Waals surface area contributed by atoms with Crippen LogP contribution < -0.4 is 9.64 Å². The van der Waals surface area contributed by atoms with Gasteiger partial charge < -0.3 is 14.6 Å². The Morgan fingerprint density at radius 2 is 2.23 bits per heavy atom. The van der Waals surface area contributed by atoms with Gasteiger partial charge in [0.05, 0.1) is 17.1 Å². The van der Waals surface area contributed by atoms with Crippen molar-refractivity contribution >= 4 is 16.9 Å². The van der Waals surface area contributed by atoms with Gasteiger partial charge in [-0.2, -0.15) is 0 Å². The van der Waals surface area contributed by atoms with Crippen molar-refractivity contribution in [2.75, 3.05) is 18.1 Å². The van der Waals surface area contributed by atoms with Crippen LogP contribution in [0.5, 0.6) is 5.75 Å². The summed E-state index contributed by atoms with van der Waals surface area (Å²) in [6.45, 7) is 5.91. The topological polar surface area (TPSA) is 54.0 Å². The van der Waals surface area contributed by atoms with Gasteiger partial charge in [-0.15, -0.1) is 0 Å². The summed E-state index contributed by atoms with van der Waals surface area (Å²) in [5.74, 6) is 2.57. The molecule has 0 amide bonds. The number of ether oxygens (including phenoxy) is 1. The third-order valence-corrected chi connectivity index (χ3v) is 4.12. The summed E-state index contributed by atoms with van der Waals surface area (Å²) in [7, 11) is 0. The molecule has 3 aromatic rings. The van der Waals surface area contributed by atoms with Crippen LogP contribution in [0.4, 0.5) is 5.82 Å². The largest absolute Gasteiger partial charge is 0.488 e. The van der Waals surface area contributed by atoms with Gasteiger partial charge in [0.25, 0.3) is 0 Å². The van der Waals surface area contributed by atoms with Crippen molar-refractivity contribution in [1.29, 1.82) is 0 Å². The molecule has 4 rings (SSSR count). The molecule has 0 radical (unpaired) electrons. The van der Waals surface area contributed by atoms with E-state index in [-0.39, 0.29) is 0 Å². The number of rotatable bonds is 2. The molecule has 1 atom stereocenters. The molecule has 2 aromatic heterocycles. The standard InChI is InChI=1S/C17H18N4O/c1-3-21-11(2)10-22-15-8-12(9-18-17(15)21)16-19-13-6-4-5-7-14(13)20-16/h4-9,11H,3,10H2,1-2H3,(H,19,20). The van der Waals surface area contributed by atoms with Gasteiger partial charge in [0.1, 0.15) is 12.4 Å². The van der Waals surface area contributed by atoms with Crippen molar-refractivity contribution in [3.05, 3.63) is 36.5 Å². The Bertz CT molecular complexity index is 793. The summed E-state index contributed by atoms with van der Waals surface area (Å²) < 4.78 is 5.86. The SMILES string of the molecule is CCN1c2ncc(-c3nc4ccccc4[nH]3)cc2OCC1C. The average Bonchev–Trinajstić information content (AvgIpc) is 2.98. The summed E-state index contributed by atoms with van der Waals surface area (Å²) in [6.07, 6.45) is 1.86. The van der Waals surface area contributed by atoms with Crippen LogP contribution in [-0.4, -0.2) is 34.1 Å². The molecule has 112 valence electrons. The maximum Gasteiger partial charge on any atom is 0.171 e. The molecule has 0 bridgehead atoms. The van der Waals surface area contributed by atoms with Crippen LogP contribution in [-0.2, 0) is 0 Å². The minimum atomic E-state index is 0.349. The van der Waals surface area contributed by atoms with E-state index in [1.807, 2.05) is 36.5 Å². The lowest BCUT2D eigenvalue weighted by atomic mass is 10.2. The second-order valence-corrected chi connectivity index (χ2v) is 5.59. The molecule has 1 N–H and O–H groups in total. The maximum atomic E-state index is 5.86. The predicted molar refractivity (Wildman–Crippen MR) is 87.3 cm³/mol. The van der Waals surface area contributed by atoms with Gasteiger partial charge in [-0.05, 0) is 32.0 Å². The first kappa shape index (κ1) is 13.1. The van der Waals surface area contributed by atoms with Crippen molar-refractivity contribution in [1.82, 2.24) is 15.0 Å². The summed E-state index contributed by atoms with van der Waals surface area (Å²) in [6, 6.07) is 10.4. The first-order valence-corrected chi connectivity index (χ1v) is 7.61. The van der Waals surface area contributed by atoms with Crippen LogP contribution in [0.1, 0.15) is 13.8 Å². The molecule has 0 saturated heterocycles. The number of hydrogen-bond donors (Lipinski definition) is 1. The maximum absolute atomic E-state index is 5.86. The van der Waals surface area contributed by atoms with Crippen LogP contribution >= 0.6 is 0 Å². The average molecular weight is 294 g/mol. The summed E-state index contributed by atoms with van der Waals surface area (Å²) >= 11 is 0. The number of fused-ring (bicyclic) bond motifs is 2. The second kappa shape index (κ2) is 5.02. The lowest BCUT2D eigenvalue weighted by Crippen LogP contribution is -2.41. The van der Waals surface area contributed by atoms with E-state index in [1.165, 1.54) is 0 Å². The number of pyridine rings is 1. The smallest absolute Gasteiger partial charge is 0.171 e. The molecule has 1 aliphatic rings. The van der Waals surface area contributed by atoms with Crippen molar-refractivity contribution in [2.45, 2.75) is 19.9 Å². The van der Waals surface area contributed by atoms with E-state index < -0.39 is 0 Å². The highest BCUT2D eigenvalue weighted by molar-refractivity contribution is 5.79. The van der Waals surface area contributed by atoms with Gasteiger partial charge in [-0.1, -0.05) is 12.1 Å². The van der Waals surface area contributed by atoms with Crippen LogP contribution in [0.15, 0.2) is 36.5 Å². The molecule has 1 aliphatic heterocycles. The van der Waals surface area contributed by atoms with E-state index in [9.17, 15) is 0 Å². The zero-order chi connectivity index (χ0) is 15.1. The summed E-state index contributed by atoms with van der Waals surface area (Å²) in [5.41, 5.74) is 2.93. The molecule has 5 nitrogen and oxygen atoms in total. The lowest BCUT2D eigenvalue weighted by molar-refractivity contribution is 0.269. The minimum absolute atomic E-state index is 0.349. The molecule has 0 fully saturated rings. The Morgan fingerprint density at radius 3 is 3.05 bits per heavy atom. The molecule has 0 aliphatic carbocycles. The number of aromatic nitrogens is 3. The van der Waals surface area contributed by atoms with E-state index in [1.54, 1.807) is 0 Å². The van der Waals surface area contributed by atoms with Crippen molar-refractivity contribution in [2.24, 2.45) is 0 Å². The zero-order valence-corrected chi connectivity index (χ0v) is 12.7. The number of para-hydroxylation sites is 2. The van der Waals surface area contributed by atoms with Crippen molar-refractivity contribution in [3.63, 3.8) is 0 Å². The summed E-state index contributed by atoms with van der Waals surface area (Å²) in [5, 5.41) is 0. The molecule has 3 heterocycles. The first-order valence-electron chi connectivity index (χ1n) is 7.61. The fraction of sp³-hybridized carbons (Fsp3) is 0.294. The van der Waals surface area contributed by atoms with Gasteiger partial charge in [-0.3, -0.25) is 0 Å². The van der Waals surface area contributed by atoms with Gasteiger partial charge >= 0.3 is 0 Å². The Labute approximate surface area is 129 Å². The minimum Gasteiger partial charge on any atom is -0.488 e. The van der Waals surface area contributed by atoms with Gasteiger partial charge in [0.15, 0.2) is 11.6 Å². The number of imidazole rings is 1. The van der Waals surface area contributed by atoms with Gasteiger partial charge in [0.2, 0.25) is 0 Å². The Hall–Kier alpha value is -2.56. The quantitative estimate of drug-likeness (QED) is 0.788. The van der Waals surface area contributed by atoms with Crippen LogP contribution in [0, 0.1) is 0 Å². The number of likely N-dealkylation sites (N-methyl/N-ethyl adjacent to an activating group) is 1. The first-order chi connectivity index (χ1) is 10.8. The third-order valence-electron chi connectivity index (χ3n) is 4.12. The molecule has 22 heavy (non-hydrogen) atoms. The molecular formula is C17H18N4O. The van der Waals surface area contributed by atoms with Gasteiger partial charge in [-0.25, -0.2) is 9.97 Å². The summed E-state index contributed by atoms with van der Waals surface area (Å²) in [4.78, 5) is 14.8. The predicted octanol–water partition coefficient (Wildman–Crippen LogP) is 3.23. The van der Waals surface area contributed by atoms with Gasteiger partial charge in [0, 0.05) is 18.3 Å². The molecule has 0 saturated carbocycles. The number of hydrogen-bond acceptors (Lipinski definition) is 4. The number of aromatic amines is 1. The normalized spacial score (nSPS) is 17.4. The molecule has 1 aromatic carbocycles. The Kier molecular flexibility index (Phi) is 2.99. The van der Waals surface area contributed by atoms with E-state index in [0.717, 1.165) is 40.5 Å². The van der Waals surface area contributed by atoms with Crippen LogP contribution in [0.2, 0.25) is 0 Å². The monoisotopic (exact) mass is 294 g/mol. The molecule has 0 spiro atoms. The number of nitrogens with one attached hydrogen (secondary N) is 1. The lowest BCUT2D eigenvalue weighted by Gasteiger charge is -2.34. The van der Waals surface area contributed by atoms with Crippen molar-refractivity contribution in [3.8, 4) is 17.1 Å². The van der Waals surface area contributed by atoms with E-state index >= 15 is 0 Å². The fourth-order valence-corrected chi connectivity index (χ4v) is 2.95. The fourth-order valence-electron chi connectivity index (χ4n) is 2.95. The van der Waals surface area contributed by atoms with E-state index in [4.69, 9.17) is 4.74 Å². The highest BCUT2D eigenvalue weighted by Gasteiger charge is 2.25. The zero-order valence-electron chi connectivity index (χ0n) is 12.7. The highest BCUT2D eigenvalue weighted by Crippen LogP contribution is 2.34. The highest BCUT2D eigenvalue weighted by atomic mass is 16.5. The second-order valence-electron chi connectivity index (χ2n) is 5.59. The Balaban J connectivity index is 1.78. The van der Waals surface area contributed by atoms with Crippen LogP contribution in [0.3, 0.4) is 0 Å². The number of nitrogens with zero attached hydrogens (tertiary/aromatic N) is 3. The molecular weight excluding hydrogens is 276 g/mol. The van der Waals surface area contributed by atoms with E-state index in [2.05, 4.69) is 33.7 Å². The molecule has 5 heteroatoms. The van der Waals surface area contributed by atoms with Crippen molar-refractivity contribution < 1.29 is 4.74 Å². The number of H-pyrrole nitrogens is 1. The molecule has 1 unspecified atom stereocenters.